The molecule has 0 aliphatic heterocycles. The number of para-hydroxylation sites is 1. The molecule has 0 saturated heterocycles. The number of benzene rings is 2. The van der Waals surface area contributed by atoms with Crippen LogP contribution in [-0.4, -0.2) is 25.1 Å². The third kappa shape index (κ3) is 6.12. The summed E-state index contributed by atoms with van der Waals surface area (Å²) in [6.45, 7) is 1.68. The Balaban J connectivity index is 1.71. The van der Waals surface area contributed by atoms with E-state index in [1.165, 1.54) is 0 Å². The normalized spacial score (nSPS) is 10.2. The number of hydrogen-bond donors (Lipinski definition) is 1. The van der Waals surface area contributed by atoms with Crippen LogP contribution < -0.4 is 10.1 Å². The van der Waals surface area contributed by atoms with E-state index >= 15 is 0 Å². The minimum Gasteiger partial charge on any atom is -0.482 e. The first-order valence-corrected chi connectivity index (χ1v) is 8.34. The summed E-state index contributed by atoms with van der Waals surface area (Å²) in [5.41, 5.74) is 1.80. The molecule has 0 heterocycles. The number of amides is 1. The Hall–Kier alpha value is -2.53. The Bertz CT molecular complexity index is 733. The van der Waals surface area contributed by atoms with Gasteiger partial charge >= 0.3 is 5.97 Å². The first-order valence-electron chi connectivity index (χ1n) is 7.96. The highest BCUT2D eigenvalue weighted by Gasteiger charge is 2.10. The van der Waals surface area contributed by atoms with E-state index < -0.39 is 11.9 Å². The first kappa shape index (κ1) is 18.8. The molecule has 0 fully saturated rings. The zero-order chi connectivity index (χ0) is 18.1. The maximum Gasteiger partial charge on any atom is 0.344 e. The minimum atomic E-state index is -0.598. The van der Waals surface area contributed by atoms with Crippen molar-refractivity contribution in [3.63, 3.8) is 0 Å². The second-order valence-electron chi connectivity index (χ2n) is 5.28. The number of hydrogen-bond acceptors (Lipinski definition) is 4. The standard InChI is InChI=1S/C19H20ClNO4/c1-2-14-7-4-6-10-17(14)24-13-19(23)25-12-18(22)21-11-15-8-3-5-9-16(15)20/h3-10H,2,11-13H2,1H3,(H,21,22). The second-order valence-corrected chi connectivity index (χ2v) is 5.69. The quantitative estimate of drug-likeness (QED) is 0.733. The second kappa shape index (κ2) is 9.69. The summed E-state index contributed by atoms with van der Waals surface area (Å²) in [4.78, 5) is 23.4. The summed E-state index contributed by atoms with van der Waals surface area (Å²) in [5.74, 6) is -0.355. The van der Waals surface area contributed by atoms with Crippen molar-refractivity contribution in [2.45, 2.75) is 19.9 Å². The van der Waals surface area contributed by atoms with E-state index in [0.29, 0.717) is 10.8 Å². The lowest BCUT2D eigenvalue weighted by molar-refractivity contribution is -0.150. The molecule has 25 heavy (non-hydrogen) atoms. The molecule has 0 aromatic heterocycles. The van der Waals surface area contributed by atoms with Gasteiger partial charge in [-0.1, -0.05) is 54.9 Å². The summed E-state index contributed by atoms with van der Waals surface area (Å²) in [6.07, 6.45) is 0.801. The van der Waals surface area contributed by atoms with Crippen molar-refractivity contribution in [2.75, 3.05) is 13.2 Å². The molecule has 0 bridgehead atoms. The number of ether oxygens (including phenoxy) is 2. The minimum absolute atomic E-state index is 0.241. The lowest BCUT2D eigenvalue weighted by atomic mass is 10.1. The van der Waals surface area contributed by atoms with Crippen molar-refractivity contribution < 1.29 is 19.1 Å². The van der Waals surface area contributed by atoms with Gasteiger partial charge in [0.2, 0.25) is 0 Å². The summed E-state index contributed by atoms with van der Waals surface area (Å²) in [7, 11) is 0. The van der Waals surface area contributed by atoms with E-state index in [1.54, 1.807) is 12.1 Å². The SMILES string of the molecule is CCc1ccccc1OCC(=O)OCC(=O)NCc1ccccc1Cl. The predicted octanol–water partition coefficient (Wildman–Crippen LogP) is 3.14. The summed E-state index contributed by atoms with van der Waals surface area (Å²) in [6, 6.07) is 14.7. The zero-order valence-electron chi connectivity index (χ0n) is 14.0. The van der Waals surface area contributed by atoms with Crippen molar-refractivity contribution in [3.8, 4) is 5.75 Å². The molecule has 2 rings (SSSR count). The number of esters is 1. The number of carbonyl (C=O) groups is 2. The van der Waals surface area contributed by atoms with Gasteiger partial charge in [-0.25, -0.2) is 4.79 Å². The van der Waals surface area contributed by atoms with Gasteiger partial charge < -0.3 is 14.8 Å². The van der Waals surface area contributed by atoms with Crippen LogP contribution in [0, 0.1) is 0 Å². The average Bonchev–Trinajstić information content (AvgIpc) is 2.64. The fourth-order valence-electron chi connectivity index (χ4n) is 2.15. The molecule has 0 aliphatic rings. The highest BCUT2D eigenvalue weighted by Crippen LogP contribution is 2.18. The van der Waals surface area contributed by atoms with Crippen LogP contribution in [0.5, 0.6) is 5.75 Å². The number of nitrogens with one attached hydrogen (secondary N) is 1. The smallest absolute Gasteiger partial charge is 0.344 e. The molecule has 0 aliphatic carbocycles. The van der Waals surface area contributed by atoms with Crippen LogP contribution in [0.25, 0.3) is 0 Å². The molecule has 0 spiro atoms. The van der Waals surface area contributed by atoms with E-state index in [2.05, 4.69) is 5.32 Å². The summed E-state index contributed by atoms with van der Waals surface area (Å²) < 4.78 is 10.4. The molecule has 132 valence electrons. The highest BCUT2D eigenvalue weighted by molar-refractivity contribution is 6.31. The van der Waals surface area contributed by atoms with Gasteiger partial charge in [0, 0.05) is 11.6 Å². The Morgan fingerprint density at radius 2 is 1.68 bits per heavy atom. The molecule has 0 atom stereocenters. The molecule has 6 heteroatoms. The van der Waals surface area contributed by atoms with Gasteiger partial charge in [-0.05, 0) is 29.7 Å². The van der Waals surface area contributed by atoms with Crippen molar-refractivity contribution >= 4 is 23.5 Å². The van der Waals surface area contributed by atoms with Gasteiger partial charge in [-0.3, -0.25) is 4.79 Å². The summed E-state index contributed by atoms with van der Waals surface area (Å²) >= 11 is 6.01. The Morgan fingerprint density at radius 1 is 1.00 bits per heavy atom. The van der Waals surface area contributed by atoms with E-state index in [0.717, 1.165) is 17.5 Å². The van der Waals surface area contributed by atoms with Gasteiger partial charge in [0.15, 0.2) is 13.2 Å². The van der Waals surface area contributed by atoms with Crippen molar-refractivity contribution in [1.29, 1.82) is 0 Å². The molecular weight excluding hydrogens is 342 g/mol. The van der Waals surface area contributed by atoms with E-state index in [1.807, 2.05) is 43.3 Å². The predicted molar refractivity (Wildman–Crippen MR) is 95.6 cm³/mol. The number of rotatable bonds is 8. The fraction of sp³-hybridized carbons (Fsp3) is 0.263. The highest BCUT2D eigenvalue weighted by atomic mass is 35.5. The molecule has 1 N–H and O–H groups in total. The lowest BCUT2D eigenvalue weighted by Gasteiger charge is -2.10. The average molecular weight is 362 g/mol. The van der Waals surface area contributed by atoms with Crippen LogP contribution in [0.4, 0.5) is 0 Å². The third-order valence-corrected chi connectivity index (χ3v) is 3.87. The van der Waals surface area contributed by atoms with Crippen molar-refractivity contribution in [3.05, 3.63) is 64.7 Å². The molecule has 0 radical (unpaired) electrons. The fourth-order valence-corrected chi connectivity index (χ4v) is 2.35. The van der Waals surface area contributed by atoms with Gasteiger partial charge in [0.05, 0.1) is 0 Å². The van der Waals surface area contributed by atoms with E-state index in [9.17, 15) is 9.59 Å². The van der Waals surface area contributed by atoms with Crippen LogP contribution in [0.2, 0.25) is 5.02 Å². The summed E-state index contributed by atoms with van der Waals surface area (Å²) in [5, 5.41) is 3.22. The lowest BCUT2D eigenvalue weighted by Crippen LogP contribution is -2.29. The zero-order valence-corrected chi connectivity index (χ0v) is 14.7. The monoisotopic (exact) mass is 361 g/mol. The molecule has 0 saturated carbocycles. The van der Waals surface area contributed by atoms with Crippen LogP contribution in [-0.2, 0) is 27.3 Å². The Kier molecular flexibility index (Phi) is 7.29. The maximum absolute atomic E-state index is 11.7. The van der Waals surface area contributed by atoms with Crippen LogP contribution >= 0.6 is 11.6 Å². The topological polar surface area (TPSA) is 64.6 Å². The molecular formula is C19H20ClNO4. The van der Waals surface area contributed by atoms with E-state index in [4.69, 9.17) is 21.1 Å². The maximum atomic E-state index is 11.7. The van der Waals surface area contributed by atoms with Crippen LogP contribution in [0.15, 0.2) is 48.5 Å². The molecule has 5 nitrogen and oxygen atoms in total. The first-order chi connectivity index (χ1) is 12.1. The largest absolute Gasteiger partial charge is 0.482 e. The van der Waals surface area contributed by atoms with Gasteiger partial charge in [0.1, 0.15) is 5.75 Å². The molecule has 1 amide bonds. The Morgan fingerprint density at radius 3 is 2.40 bits per heavy atom. The van der Waals surface area contributed by atoms with Crippen molar-refractivity contribution in [2.24, 2.45) is 0 Å². The third-order valence-electron chi connectivity index (χ3n) is 3.50. The number of carbonyl (C=O) groups excluding carboxylic acids is 2. The van der Waals surface area contributed by atoms with E-state index in [-0.39, 0.29) is 19.8 Å². The molecule has 0 unspecified atom stereocenters. The Labute approximate surface area is 151 Å². The van der Waals surface area contributed by atoms with Crippen LogP contribution in [0.3, 0.4) is 0 Å². The van der Waals surface area contributed by atoms with Crippen LogP contribution in [0.1, 0.15) is 18.1 Å². The van der Waals surface area contributed by atoms with Gasteiger partial charge in [-0.15, -0.1) is 0 Å². The number of halogens is 1. The van der Waals surface area contributed by atoms with Crippen molar-refractivity contribution in [1.82, 2.24) is 5.32 Å². The van der Waals surface area contributed by atoms with Gasteiger partial charge in [-0.2, -0.15) is 0 Å². The molecule has 2 aromatic carbocycles. The number of aryl methyl sites for hydroxylation is 1. The van der Waals surface area contributed by atoms with Gasteiger partial charge in [0.25, 0.3) is 5.91 Å². The molecule has 2 aromatic rings.